The van der Waals surface area contributed by atoms with Gasteiger partial charge in [-0.1, -0.05) is 64.2 Å². The van der Waals surface area contributed by atoms with Crippen LogP contribution in [-0.4, -0.2) is 16.7 Å². The molecule has 3 nitrogen and oxygen atoms in total. The Bertz CT molecular complexity index is 611. The Morgan fingerprint density at radius 2 is 1.35 bits per heavy atom. The Morgan fingerprint density at radius 1 is 0.769 bits per heavy atom. The number of thiol groups is 1. The summed E-state index contributed by atoms with van der Waals surface area (Å²) in [7, 11) is 0. The van der Waals surface area contributed by atoms with E-state index in [-0.39, 0.29) is 0 Å². The molecule has 1 heterocycles. The third kappa shape index (κ3) is 8.05. The first-order chi connectivity index (χ1) is 12.8. The molecule has 0 amide bonds. The van der Waals surface area contributed by atoms with E-state index < -0.39 is 0 Å². The maximum absolute atomic E-state index is 8.74. The molecular formula is C22H35NO2S. The van der Waals surface area contributed by atoms with Crippen LogP contribution in [0.15, 0.2) is 24.3 Å². The lowest BCUT2D eigenvalue weighted by Gasteiger charge is -2.03. The summed E-state index contributed by atoms with van der Waals surface area (Å²) in [4.78, 5) is 3.50. The molecule has 0 aliphatic carbocycles. The number of benzene rings is 1. The van der Waals surface area contributed by atoms with Crippen molar-refractivity contribution in [1.29, 1.82) is 0 Å². The number of aromatic nitrogens is 1. The first kappa shape index (κ1) is 21.2. The number of hydrogen-bond acceptors (Lipinski definition) is 3. The number of H-pyrrole nitrogens is 1. The van der Waals surface area contributed by atoms with Crippen LogP contribution in [0, 0.1) is 0 Å². The normalized spacial score (nSPS) is 11.3. The van der Waals surface area contributed by atoms with Gasteiger partial charge >= 0.3 is 0 Å². The lowest BCUT2D eigenvalue weighted by Crippen LogP contribution is -1.87. The van der Waals surface area contributed by atoms with Crippen molar-refractivity contribution in [3.05, 3.63) is 30.0 Å². The van der Waals surface area contributed by atoms with Crippen LogP contribution in [0.3, 0.4) is 0 Å². The Kier molecular flexibility index (Phi) is 10.7. The highest BCUT2D eigenvalue weighted by atomic mass is 32.1. The molecule has 0 spiro atoms. The summed E-state index contributed by atoms with van der Waals surface area (Å²) in [5.41, 5.74) is 2.49. The zero-order chi connectivity index (χ0) is 18.5. The van der Waals surface area contributed by atoms with Gasteiger partial charge in [0.05, 0.1) is 0 Å². The van der Waals surface area contributed by atoms with Gasteiger partial charge in [0, 0.05) is 36.1 Å². The molecule has 0 unspecified atom stereocenters. The fourth-order valence-electron chi connectivity index (χ4n) is 3.56. The summed E-state index contributed by atoms with van der Waals surface area (Å²) in [6, 6.07) is 8.24. The first-order valence-electron chi connectivity index (χ1n) is 10.4. The second-order valence-electron chi connectivity index (χ2n) is 7.35. The van der Waals surface area contributed by atoms with Crippen LogP contribution in [0.2, 0.25) is 0 Å². The quantitative estimate of drug-likeness (QED) is 0.186. The summed E-state index contributed by atoms with van der Waals surface area (Å²) in [6.07, 6.45) is 16.7. The molecule has 1 aromatic carbocycles. The molecule has 4 heteroatoms. The molecule has 26 heavy (non-hydrogen) atoms. The second-order valence-corrected chi connectivity index (χ2v) is 7.53. The van der Waals surface area contributed by atoms with Gasteiger partial charge in [-0.25, -0.2) is 0 Å². The predicted molar refractivity (Wildman–Crippen MR) is 114 cm³/mol. The molecule has 0 bridgehead atoms. The van der Waals surface area contributed by atoms with E-state index in [1.807, 2.05) is 12.1 Å². The molecule has 0 atom stereocenters. The van der Waals surface area contributed by atoms with E-state index >= 15 is 0 Å². The number of unbranched alkanes of at least 4 members (excludes halogenated alkanes) is 11. The van der Waals surface area contributed by atoms with Crippen molar-refractivity contribution in [1.82, 2.24) is 4.98 Å². The number of aliphatic hydroxyl groups is 1. The van der Waals surface area contributed by atoms with Crippen LogP contribution in [0.5, 0.6) is 5.75 Å². The molecular weight excluding hydrogens is 342 g/mol. The Balaban J connectivity index is 1.46. The van der Waals surface area contributed by atoms with E-state index in [4.69, 9.17) is 9.29 Å². The molecule has 0 aliphatic heterocycles. The van der Waals surface area contributed by atoms with Gasteiger partial charge in [0.15, 0.2) is 0 Å². The van der Waals surface area contributed by atoms with Crippen molar-refractivity contribution in [2.24, 2.45) is 0 Å². The van der Waals surface area contributed by atoms with Crippen LogP contribution >= 0.6 is 12.9 Å². The highest BCUT2D eigenvalue weighted by molar-refractivity contribution is 7.75. The highest BCUT2D eigenvalue weighted by Crippen LogP contribution is 2.23. The second kappa shape index (κ2) is 13.1. The number of hydrogen-bond donors (Lipinski definition) is 3. The van der Waals surface area contributed by atoms with Gasteiger partial charge in [0.2, 0.25) is 0 Å². The molecule has 0 saturated carbocycles. The summed E-state index contributed by atoms with van der Waals surface area (Å²) in [5, 5.41) is 9.93. The summed E-state index contributed by atoms with van der Waals surface area (Å²) in [6.45, 7) is 0.353. The van der Waals surface area contributed by atoms with Crippen LogP contribution in [0.4, 0.5) is 0 Å². The fraction of sp³-hybridized carbons (Fsp3) is 0.636. The number of aliphatic hydroxyl groups excluding tert-OH is 1. The number of rotatable bonds is 15. The SMILES string of the molecule is OCCCCCCCCCCCCCCc1cc2cc(OS)ccc2[nH]1. The van der Waals surface area contributed by atoms with Crippen LogP contribution in [-0.2, 0) is 6.42 Å². The zero-order valence-corrected chi connectivity index (χ0v) is 16.9. The van der Waals surface area contributed by atoms with Crippen molar-refractivity contribution < 1.29 is 9.29 Å². The first-order valence-corrected chi connectivity index (χ1v) is 10.7. The number of aryl methyl sites for hydroxylation is 1. The molecule has 2 rings (SSSR count). The number of aromatic amines is 1. The largest absolute Gasteiger partial charge is 0.429 e. The average molecular weight is 378 g/mol. The Morgan fingerprint density at radius 3 is 1.92 bits per heavy atom. The Labute approximate surface area is 164 Å². The van der Waals surface area contributed by atoms with Crippen LogP contribution < -0.4 is 4.18 Å². The smallest absolute Gasteiger partial charge is 0.137 e. The van der Waals surface area contributed by atoms with Gasteiger partial charge in [0.25, 0.3) is 0 Å². The van der Waals surface area contributed by atoms with Crippen molar-refractivity contribution in [3.63, 3.8) is 0 Å². The van der Waals surface area contributed by atoms with Gasteiger partial charge < -0.3 is 14.3 Å². The highest BCUT2D eigenvalue weighted by Gasteiger charge is 2.02. The van der Waals surface area contributed by atoms with Gasteiger partial charge in [-0.3, -0.25) is 0 Å². The van der Waals surface area contributed by atoms with Gasteiger partial charge in [-0.15, -0.1) is 0 Å². The third-order valence-electron chi connectivity index (χ3n) is 5.11. The minimum absolute atomic E-state index is 0.353. The summed E-state index contributed by atoms with van der Waals surface area (Å²) in [5.74, 6) is 0.788. The molecule has 0 aliphatic rings. The standard InChI is InChI=1S/C22H35NO2S/c24-16-12-10-8-6-4-2-1-3-5-7-9-11-13-20-17-19-18-21(25-26)14-15-22(19)23-20/h14-15,17-18,23-24,26H,1-13,16H2. The van der Waals surface area contributed by atoms with Crippen molar-refractivity contribution in [2.75, 3.05) is 6.61 Å². The monoisotopic (exact) mass is 377 g/mol. The number of nitrogens with one attached hydrogen (secondary N) is 1. The van der Waals surface area contributed by atoms with Crippen molar-refractivity contribution in [3.8, 4) is 5.75 Å². The lowest BCUT2D eigenvalue weighted by molar-refractivity contribution is 0.282. The molecule has 0 saturated heterocycles. The molecule has 146 valence electrons. The topological polar surface area (TPSA) is 45.2 Å². The lowest BCUT2D eigenvalue weighted by atomic mass is 10.0. The van der Waals surface area contributed by atoms with Gasteiger partial charge in [0.1, 0.15) is 5.75 Å². The van der Waals surface area contributed by atoms with E-state index in [0.717, 1.165) is 18.6 Å². The minimum atomic E-state index is 0.353. The predicted octanol–water partition coefficient (Wildman–Crippen LogP) is 6.61. The maximum atomic E-state index is 8.74. The average Bonchev–Trinajstić information content (AvgIpc) is 3.07. The van der Waals surface area contributed by atoms with E-state index in [1.54, 1.807) is 0 Å². The van der Waals surface area contributed by atoms with E-state index in [1.165, 1.54) is 87.2 Å². The Hall–Kier alpha value is -1.13. The zero-order valence-electron chi connectivity index (χ0n) is 16.0. The number of fused-ring (bicyclic) bond motifs is 1. The molecule has 2 N–H and O–H groups in total. The van der Waals surface area contributed by atoms with E-state index in [0.29, 0.717) is 6.61 Å². The molecule has 1 aromatic heterocycles. The van der Waals surface area contributed by atoms with Crippen molar-refractivity contribution >= 4 is 23.8 Å². The van der Waals surface area contributed by atoms with E-state index in [2.05, 4.69) is 30.0 Å². The maximum Gasteiger partial charge on any atom is 0.137 e. The van der Waals surface area contributed by atoms with Crippen LogP contribution in [0.1, 0.15) is 82.7 Å². The molecule has 0 radical (unpaired) electrons. The molecule has 2 aromatic rings. The van der Waals surface area contributed by atoms with E-state index in [9.17, 15) is 0 Å². The summed E-state index contributed by atoms with van der Waals surface area (Å²) >= 11 is 3.86. The third-order valence-corrected chi connectivity index (χ3v) is 5.32. The van der Waals surface area contributed by atoms with Gasteiger partial charge in [-0.05, 0) is 43.5 Å². The van der Waals surface area contributed by atoms with Crippen LogP contribution in [0.25, 0.3) is 10.9 Å². The summed E-state index contributed by atoms with van der Waals surface area (Å²) < 4.78 is 4.99. The fourth-order valence-corrected chi connectivity index (χ4v) is 3.67. The minimum Gasteiger partial charge on any atom is -0.429 e. The van der Waals surface area contributed by atoms with Crippen molar-refractivity contribution in [2.45, 2.75) is 83.5 Å². The van der Waals surface area contributed by atoms with Gasteiger partial charge in [-0.2, -0.15) is 0 Å². The molecule has 0 fully saturated rings.